The van der Waals surface area contributed by atoms with Gasteiger partial charge in [-0.05, 0) is 42.5 Å². The van der Waals surface area contributed by atoms with E-state index in [0.717, 1.165) is 28.9 Å². The number of rotatable bonds is 5. The lowest BCUT2D eigenvalue weighted by Crippen LogP contribution is -2.47. The number of pyridine rings is 1. The predicted molar refractivity (Wildman–Crippen MR) is 147 cm³/mol. The molecule has 0 amide bonds. The average Bonchev–Trinajstić information content (AvgIpc) is 3.55. The number of nitrogens with one attached hydrogen (secondary N) is 1. The van der Waals surface area contributed by atoms with Gasteiger partial charge in [-0.25, -0.2) is 13.4 Å². The van der Waals surface area contributed by atoms with Crippen LogP contribution in [0.25, 0.3) is 22.6 Å². The van der Waals surface area contributed by atoms with Crippen LogP contribution in [-0.4, -0.2) is 62.6 Å². The fraction of sp³-hybridized carbons (Fsp3) is 0.231. The maximum Gasteiger partial charge on any atom is 0.231 e. The van der Waals surface area contributed by atoms with Gasteiger partial charge in [0.2, 0.25) is 12.7 Å². The van der Waals surface area contributed by atoms with Gasteiger partial charge in [0.15, 0.2) is 21.3 Å². The van der Waals surface area contributed by atoms with Crippen LogP contribution in [0.15, 0.2) is 59.6 Å². The summed E-state index contributed by atoms with van der Waals surface area (Å²) in [5, 5.41) is 0.510. The number of sulfone groups is 1. The number of piperazine rings is 1. The minimum Gasteiger partial charge on any atom is -0.454 e. The summed E-state index contributed by atoms with van der Waals surface area (Å²) in [5.41, 5.74) is 3.70. The van der Waals surface area contributed by atoms with E-state index < -0.39 is 9.84 Å². The zero-order chi connectivity index (χ0) is 26.4. The summed E-state index contributed by atoms with van der Waals surface area (Å²) in [4.78, 5) is 17.2. The molecule has 2 aromatic heterocycles. The second kappa shape index (κ2) is 9.68. The molecule has 4 aromatic rings. The van der Waals surface area contributed by atoms with E-state index in [-0.39, 0.29) is 16.7 Å². The summed E-state index contributed by atoms with van der Waals surface area (Å²) in [6, 6.07) is 14.6. The molecule has 0 saturated carbocycles. The van der Waals surface area contributed by atoms with E-state index in [2.05, 4.69) is 14.9 Å². The first-order valence-electron chi connectivity index (χ1n) is 11.9. The SMILES string of the molecule is CS(=O)(=O)c1c(Cl)cc(Cl)cc1N1CCN(c2nc(-c3ccc4c(c3)OCO4)c(-c3ccccn3)[nH]2)CC1. The highest BCUT2D eigenvalue weighted by molar-refractivity contribution is 7.91. The number of anilines is 2. The quantitative estimate of drug-likeness (QED) is 0.361. The Morgan fingerprint density at radius 3 is 2.45 bits per heavy atom. The molecule has 0 bridgehead atoms. The summed E-state index contributed by atoms with van der Waals surface area (Å²) in [7, 11) is -3.55. The minimum absolute atomic E-state index is 0.0950. The lowest BCUT2D eigenvalue weighted by atomic mass is 10.1. The molecule has 12 heteroatoms. The van der Waals surface area contributed by atoms with Gasteiger partial charge in [0.05, 0.1) is 22.1 Å². The standard InChI is InChI=1S/C26H23Cl2N5O4S/c1-38(34,35)25-18(28)13-17(27)14-20(25)32-8-10-33(11-9-32)26-30-23(24(31-26)19-4-2-3-7-29-19)16-5-6-21-22(12-16)37-15-36-21/h2-7,12-14H,8-11,15H2,1H3,(H,30,31). The van der Waals surface area contributed by atoms with Crippen LogP contribution in [0.3, 0.4) is 0 Å². The average molecular weight is 572 g/mol. The molecule has 1 N–H and O–H groups in total. The molecule has 0 aliphatic carbocycles. The number of halogens is 2. The Morgan fingerprint density at radius 1 is 0.947 bits per heavy atom. The number of nitrogens with zero attached hydrogens (tertiary/aromatic N) is 4. The van der Waals surface area contributed by atoms with E-state index in [1.165, 1.54) is 6.07 Å². The Labute approximate surface area is 229 Å². The molecule has 1 fully saturated rings. The van der Waals surface area contributed by atoms with Crippen molar-refractivity contribution in [1.82, 2.24) is 15.0 Å². The highest BCUT2D eigenvalue weighted by atomic mass is 35.5. The maximum absolute atomic E-state index is 12.5. The number of fused-ring (bicyclic) bond motifs is 1. The summed E-state index contributed by atoms with van der Waals surface area (Å²) >= 11 is 12.5. The fourth-order valence-electron chi connectivity index (χ4n) is 4.77. The first-order chi connectivity index (χ1) is 18.3. The largest absolute Gasteiger partial charge is 0.454 e. The van der Waals surface area contributed by atoms with Crippen LogP contribution < -0.4 is 19.3 Å². The van der Waals surface area contributed by atoms with E-state index in [4.69, 9.17) is 37.7 Å². The third kappa shape index (κ3) is 4.63. The second-order valence-corrected chi connectivity index (χ2v) is 11.8. The van der Waals surface area contributed by atoms with Crippen molar-refractivity contribution in [2.75, 3.05) is 49.0 Å². The third-order valence-electron chi connectivity index (χ3n) is 6.54. The number of ether oxygens (including phenoxy) is 2. The van der Waals surface area contributed by atoms with Gasteiger partial charge in [-0.2, -0.15) is 0 Å². The molecule has 4 heterocycles. The molecule has 2 aromatic carbocycles. The molecule has 196 valence electrons. The number of H-pyrrole nitrogens is 1. The molecule has 38 heavy (non-hydrogen) atoms. The smallest absolute Gasteiger partial charge is 0.231 e. The topological polar surface area (TPSA) is 101 Å². The molecule has 6 rings (SSSR count). The normalized spacial score (nSPS) is 15.2. The van der Waals surface area contributed by atoms with Crippen LogP contribution in [0.2, 0.25) is 10.0 Å². The van der Waals surface area contributed by atoms with Gasteiger partial charge >= 0.3 is 0 Å². The second-order valence-electron chi connectivity index (χ2n) is 9.05. The molecular formula is C26H23Cl2N5O4S. The van der Waals surface area contributed by atoms with Crippen LogP contribution in [0.5, 0.6) is 11.5 Å². The van der Waals surface area contributed by atoms with Crippen molar-refractivity contribution in [2.24, 2.45) is 0 Å². The fourth-order valence-corrected chi connectivity index (χ4v) is 6.65. The van der Waals surface area contributed by atoms with Gasteiger partial charge in [-0.15, -0.1) is 0 Å². The molecule has 1 saturated heterocycles. The Hall–Kier alpha value is -3.47. The highest BCUT2D eigenvalue weighted by Gasteiger charge is 2.28. The Morgan fingerprint density at radius 2 is 1.71 bits per heavy atom. The van der Waals surface area contributed by atoms with Crippen LogP contribution in [0.1, 0.15) is 0 Å². The van der Waals surface area contributed by atoms with Gasteiger partial charge in [0.25, 0.3) is 0 Å². The number of hydrogen-bond acceptors (Lipinski definition) is 8. The summed E-state index contributed by atoms with van der Waals surface area (Å²) in [6.45, 7) is 2.50. The van der Waals surface area contributed by atoms with E-state index >= 15 is 0 Å². The Kier molecular flexibility index (Phi) is 6.33. The van der Waals surface area contributed by atoms with Crippen molar-refractivity contribution in [3.8, 4) is 34.1 Å². The van der Waals surface area contributed by atoms with Crippen molar-refractivity contribution in [3.63, 3.8) is 0 Å². The van der Waals surface area contributed by atoms with Crippen molar-refractivity contribution in [1.29, 1.82) is 0 Å². The molecular weight excluding hydrogens is 549 g/mol. The molecule has 9 nitrogen and oxygen atoms in total. The highest BCUT2D eigenvalue weighted by Crippen LogP contribution is 2.40. The van der Waals surface area contributed by atoms with Crippen LogP contribution in [-0.2, 0) is 9.84 Å². The molecule has 0 atom stereocenters. The van der Waals surface area contributed by atoms with Crippen LogP contribution >= 0.6 is 23.2 Å². The van der Waals surface area contributed by atoms with Gasteiger partial charge < -0.3 is 24.3 Å². The molecule has 0 spiro atoms. The van der Waals surface area contributed by atoms with E-state index in [1.807, 2.05) is 41.3 Å². The molecule has 2 aliphatic heterocycles. The maximum atomic E-state index is 12.5. The summed E-state index contributed by atoms with van der Waals surface area (Å²) < 4.78 is 36.0. The third-order valence-corrected chi connectivity index (χ3v) is 8.34. The zero-order valence-electron chi connectivity index (χ0n) is 20.3. The number of imidazole rings is 1. The number of aromatic nitrogens is 3. The number of hydrogen-bond donors (Lipinski definition) is 1. The van der Waals surface area contributed by atoms with E-state index in [1.54, 1.807) is 12.3 Å². The lowest BCUT2D eigenvalue weighted by molar-refractivity contribution is 0.174. The van der Waals surface area contributed by atoms with Crippen molar-refractivity contribution in [3.05, 3.63) is 64.8 Å². The van der Waals surface area contributed by atoms with Crippen molar-refractivity contribution >= 4 is 44.7 Å². The van der Waals surface area contributed by atoms with E-state index in [9.17, 15) is 8.42 Å². The Balaban J connectivity index is 1.31. The summed E-state index contributed by atoms with van der Waals surface area (Å²) in [5.74, 6) is 2.08. The number of aromatic amines is 1. The van der Waals surface area contributed by atoms with E-state index in [0.29, 0.717) is 54.3 Å². The molecule has 2 aliphatic rings. The lowest BCUT2D eigenvalue weighted by Gasteiger charge is -2.36. The van der Waals surface area contributed by atoms with Crippen LogP contribution in [0.4, 0.5) is 11.6 Å². The van der Waals surface area contributed by atoms with Gasteiger partial charge in [0.1, 0.15) is 10.6 Å². The molecule has 0 radical (unpaired) electrons. The van der Waals surface area contributed by atoms with Crippen LogP contribution in [0, 0.1) is 0 Å². The molecule has 0 unspecified atom stereocenters. The van der Waals surface area contributed by atoms with Crippen molar-refractivity contribution in [2.45, 2.75) is 4.90 Å². The van der Waals surface area contributed by atoms with Crippen molar-refractivity contribution < 1.29 is 17.9 Å². The summed E-state index contributed by atoms with van der Waals surface area (Å²) in [6.07, 6.45) is 2.90. The first-order valence-corrected chi connectivity index (χ1v) is 14.5. The minimum atomic E-state index is -3.55. The number of benzene rings is 2. The van der Waals surface area contributed by atoms with Gasteiger partial charge in [0, 0.05) is 49.2 Å². The Bertz CT molecular complexity index is 1620. The van der Waals surface area contributed by atoms with Gasteiger partial charge in [-0.1, -0.05) is 29.3 Å². The van der Waals surface area contributed by atoms with Gasteiger partial charge in [-0.3, -0.25) is 4.98 Å². The first kappa shape index (κ1) is 24.8. The predicted octanol–water partition coefficient (Wildman–Crippen LogP) is 4.90. The zero-order valence-corrected chi connectivity index (χ0v) is 22.6. The monoisotopic (exact) mass is 571 g/mol.